The molecule has 0 bridgehead atoms. The average molecular weight is 175 g/mol. The number of hydrogen-bond donors (Lipinski definition) is 0. The van der Waals surface area contributed by atoms with Crippen LogP contribution in [0.15, 0.2) is 30.3 Å². The Morgan fingerprint density at radius 2 is 1.75 bits per heavy atom. The Hall–Kier alpha value is -0.0138. The zero-order valence-electron chi connectivity index (χ0n) is 9.92. The molecule has 0 aliphatic heterocycles. The topological polar surface area (TPSA) is 0 Å². The fourth-order valence-electron chi connectivity index (χ4n) is 1.22. The van der Waals surface area contributed by atoms with E-state index < -0.39 is 0 Å². The van der Waals surface area contributed by atoms with Crippen molar-refractivity contribution in [2.45, 2.75) is 32.6 Å². The number of hydrogen-bond acceptors (Lipinski definition) is 0. The first-order valence-electron chi connectivity index (χ1n) is 4.47. The first kappa shape index (κ1) is 12.0. The SMILES string of the molecule is CCCCCc1ccccc1.[H-].[H-].[Mg+2]. The zero-order valence-corrected chi connectivity index (χ0v) is 9.34. The second-order valence-electron chi connectivity index (χ2n) is 2.94. The van der Waals surface area contributed by atoms with Crippen molar-refractivity contribution >= 4 is 23.1 Å². The first-order valence-corrected chi connectivity index (χ1v) is 4.47. The Bertz CT molecular complexity index is 190. The van der Waals surface area contributed by atoms with Crippen molar-refractivity contribution in [3.05, 3.63) is 35.9 Å². The molecule has 0 fully saturated rings. The van der Waals surface area contributed by atoms with E-state index in [0.29, 0.717) is 0 Å². The van der Waals surface area contributed by atoms with Crippen LogP contribution < -0.4 is 0 Å². The molecule has 1 heteroatoms. The first-order chi connectivity index (χ1) is 5.43. The predicted octanol–water partition coefficient (Wildman–Crippen LogP) is 3.26. The standard InChI is InChI=1S/C11H16.Mg.2H/c1-2-3-5-8-11-9-6-4-7-10-11;;;/h4,6-7,9-10H,2-3,5,8H2,1H3;;;/q;+2;2*-1. The van der Waals surface area contributed by atoms with E-state index in [9.17, 15) is 0 Å². The van der Waals surface area contributed by atoms with Crippen LogP contribution in [0.4, 0.5) is 0 Å². The molecule has 0 saturated heterocycles. The summed E-state index contributed by atoms with van der Waals surface area (Å²) in [6, 6.07) is 10.7. The van der Waals surface area contributed by atoms with Crippen LogP contribution in [0.3, 0.4) is 0 Å². The van der Waals surface area contributed by atoms with Gasteiger partial charge < -0.3 is 2.85 Å². The van der Waals surface area contributed by atoms with Crippen molar-refractivity contribution in [1.82, 2.24) is 0 Å². The smallest absolute Gasteiger partial charge is 1.00 e. The number of benzene rings is 1. The summed E-state index contributed by atoms with van der Waals surface area (Å²) in [5.74, 6) is 0. The molecule has 0 saturated carbocycles. The Morgan fingerprint density at radius 3 is 2.33 bits per heavy atom. The van der Waals surface area contributed by atoms with Gasteiger partial charge in [-0.2, -0.15) is 0 Å². The third kappa shape index (κ3) is 4.78. The number of unbranched alkanes of at least 4 members (excludes halogenated alkanes) is 2. The molecular weight excluding hydrogens is 156 g/mol. The average Bonchev–Trinajstić information content (AvgIpc) is 2.07. The normalized spacial score (nSPS) is 9.08. The van der Waals surface area contributed by atoms with Crippen LogP contribution in [-0.4, -0.2) is 23.1 Å². The van der Waals surface area contributed by atoms with Crippen molar-refractivity contribution < 1.29 is 2.85 Å². The van der Waals surface area contributed by atoms with E-state index in [1.807, 2.05) is 0 Å². The molecule has 0 N–H and O–H groups in total. The third-order valence-corrected chi connectivity index (χ3v) is 1.91. The Kier molecular flexibility index (Phi) is 7.62. The van der Waals surface area contributed by atoms with E-state index in [0.717, 1.165) is 0 Å². The third-order valence-electron chi connectivity index (χ3n) is 1.91. The predicted molar refractivity (Wildman–Crippen MR) is 57.6 cm³/mol. The number of aryl methyl sites for hydroxylation is 1. The molecule has 0 atom stereocenters. The molecule has 0 unspecified atom stereocenters. The molecule has 1 aromatic rings. The van der Waals surface area contributed by atoms with Crippen LogP contribution in [0, 0.1) is 0 Å². The maximum atomic E-state index is 2.24. The van der Waals surface area contributed by atoms with Gasteiger partial charge in [0.25, 0.3) is 0 Å². The van der Waals surface area contributed by atoms with Gasteiger partial charge in [0.15, 0.2) is 0 Å². The molecule has 0 radical (unpaired) electrons. The minimum atomic E-state index is 0. The summed E-state index contributed by atoms with van der Waals surface area (Å²) >= 11 is 0. The number of rotatable bonds is 4. The molecule has 0 aliphatic carbocycles. The monoisotopic (exact) mass is 174 g/mol. The van der Waals surface area contributed by atoms with E-state index in [1.165, 1.54) is 31.2 Å². The van der Waals surface area contributed by atoms with Crippen molar-refractivity contribution in [2.75, 3.05) is 0 Å². The summed E-state index contributed by atoms with van der Waals surface area (Å²) in [7, 11) is 0. The molecular formula is C11H18Mg. The van der Waals surface area contributed by atoms with Crippen molar-refractivity contribution in [2.24, 2.45) is 0 Å². The van der Waals surface area contributed by atoms with Crippen LogP contribution in [0.2, 0.25) is 0 Å². The molecule has 0 aromatic heterocycles. The van der Waals surface area contributed by atoms with Gasteiger partial charge in [0.1, 0.15) is 0 Å². The van der Waals surface area contributed by atoms with Gasteiger partial charge in [-0.25, -0.2) is 0 Å². The van der Waals surface area contributed by atoms with E-state index in [2.05, 4.69) is 37.3 Å². The van der Waals surface area contributed by atoms with Crippen molar-refractivity contribution in [3.8, 4) is 0 Å². The molecule has 1 aromatic carbocycles. The second-order valence-corrected chi connectivity index (χ2v) is 2.94. The van der Waals surface area contributed by atoms with Crippen LogP contribution in [0.5, 0.6) is 0 Å². The van der Waals surface area contributed by atoms with E-state index >= 15 is 0 Å². The maximum absolute atomic E-state index is 2.24. The Balaban J connectivity index is -0.000000403. The molecule has 64 valence electrons. The van der Waals surface area contributed by atoms with Gasteiger partial charge in [-0.3, -0.25) is 0 Å². The van der Waals surface area contributed by atoms with Gasteiger partial charge in [-0.05, 0) is 18.4 Å². The van der Waals surface area contributed by atoms with E-state index in [-0.39, 0.29) is 25.9 Å². The summed E-state index contributed by atoms with van der Waals surface area (Å²) in [6.45, 7) is 2.24. The van der Waals surface area contributed by atoms with E-state index in [1.54, 1.807) is 0 Å². The van der Waals surface area contributed by atoms with Crippen LogP contribution in [-0.2, 0) is 6.42 Å². The van der Waals surface area contributed by atoms with Crippen molar-refractivity contribution in [3.63, 3.8) is 0 Å². The van der Waals surface area contributed by atoms with Gasteiger partial charge in [0.2, 0.25) is 0 Å². The molecule has 0 spiro atoms. The van der Waals surface area contributed by atoms with E-state index in [4.69, 9.17) is 0 Å². The minimum absolute atomic E-state index is 0. The van der Waals surface area contributed by atoms with Gasteiger partial charge in [-0.15, -0.1) is 0 Å². The molecule has 12 heavy (non-hydrogen) atoms. The Morgan fingerprint density at radius 1 is 1.08 bits per heavy atom. The molecule has 0 nitrogen and oxygen atoms in total. The second kappa shape index (κ2) is 7.63. The largest absolute Gasteiger partial charge is 2.00 e. The Labute approximate surface area is 94.5 Å². The quantitative estimate of drug-likeness (QED) is 0.486. The van der Waals surface area contributed by atoms with Gasteiger partial charge >= 0.3 is 23.1 Å². The summed E-state index contributed by atoms with van der Waals surface area (Å²) in [6.07, 6.45) is 5.25. The fraction of sp³-hybridized carbons (Fsp3) is 0.455. The van der Waals surface area contributed by atoms with Crippen LogP contribution in [0.25, 0.3) is 0 Å². The molecule has 0 aliphatic rings. The summed E-state index contributed by atoms with van der Waals surface area (Å²) < 4.78 is 0. The molecule has 0 heterocycles. The van der Waals surface area contributed by atoms with Crippen LogP contribution in [0.1, 0.15) is 34.6 Å². The summed E-state index contributed by atoms with van der Waals surface area (Å²) in [4.78, 5) is 0. The van der Waals surface area contributed by atoms with Gasteiger partial charge in [-0.1, -0.05) is 50.1 Å². The van der Waals surface area contributed by atoms with Crippen molar-refractivity contribution in [1.29, 1.82) is 0 Å². The fourth-order valence-corrected chi connectivity index (χ4v) is 1.22. The maximum Gasteiger partial charge on any atom is 2.00 e. The van der Waals surface area contributed by atoms with Gasteiger partial charge in [0.05, 0.1) is 0 Å². The van der Waals surface area contributed by atoms with Crippen LogP contribution >= 0.6 is 0 Å². The summed E-state index contributed by atoms with van der Waals surface area (Å²) in [5.41, 5.74) is 1.47. The summed E-state index contributed by atoms with van der Waals surface area (Å²) in [5, 5.41) is 0. The molecule has 1 rings (SSSR count). The van der Waals surface area contributed by atoms with Gasteiger partial charge in [0, 0.05) is 0 Å². The molecule has 0 amide bonds. The minimum Gasteiger partial charge on any atom is -1.00 e. The zero-order chi connectivity index (χ0) is 7.94.